The van der Waals surface area contributed by atoms with Crippen LogP contribution >= 0.6 is 0 Å². The maximum absolute atomic E-state index is 12.0. The fourth-order valence-electron chi connectivity index (χ4n) is 2.31. The van der Waals surface area contributed by atoms with Gasteiger partial charge in [-0.25, -0.2) is 0 Å². The van der Waals surface area contributed by atoms with Gasteiger partial charge in [0.25, 0.3) is 0 Å². The number of nitrogens with one attached hydrogen (secondary N) is 1. The van der Waals surface area contributed by atoms with E-state index in [1.54, 1.807) is 6.08 Å². The van der Waals surface area contributed by atoms with Gasteiger partial charge in [0.1, 0.15) is 0 Å². The third-order valence-electron chi connectivity index (χ3n) is 3.23. The predicted octanol–water partition coefficient (Wildman–Crippen LogP) is 1.94. The van der Waals surface area contributed by atoms with Crippen LogP contribution in [0.3, 0.4) is 0 Å². The molecule has 0 spiro atoms. The van der Waals surface area contributed by atoms with Gasteiger partial charge in [-0.05, 0) is 19.3 Å². The standard InChI is InChI=1S/C13H24N2O/c1-3-9-14-11-13(16)15-10-7-5-6-8-12(15)4-2/h3,12,14H,1,4-11H2,2H3. The fourth-order valence-corrected chi connectivity index (χ4v) is 2.31. The van der Waals surface area contributed by atoms with E-state index >= 15 is 0 Å². The summed E-state index contributed by atoms with van der Waals surface area (Å²) in [6.07, 6.45) is 7.72. The van der Waals surface area contributed by atoms with E-state index < -0.39 is 0 Å². The average Bonchev–Trinajstić information content (AvgIpc) is 2.54. The summed E-state index contributed by atoms with van der Waals surface area (Å²) in [7, 11) is 0. The molecule has 1 N–H and O–H groups in total. The Labute approximate surface area is 98.9 Å². The van der Waals surface area contributed by atoms with Gasteiger partial charge in [-0.15, -0.1) is 6.58 Å². The number of hydrogen-bond donors (Lipinski definition) is 1. The molecule has 1 fully saturated rings. The molecule has 0 saturated carbocycles. The summed E-state index contributed by atoms with van der Waals surface area (Å²) < 4.78 is 0. The first-order chi connectivity index (χ1) is 7.79. The molecule has 1 unspecified atom stereocenters. The molecule has 1 atom stereocenters. The Morgan fingerprint density at radius 2 is 2.31 bits per heavy atom. The molecule has 0 radical (unpaired) electrons. The third-order valence-corrected chi connectivity index (χ3v) is 3.23. The van der Waals surface area contributed by atoms with Crippen LogP contribution in [0, 0.1) is 0 Å². The van der Waals surface area contributed by atoms with Gasteiger partial charge in [0.2, 0.25) is 5.91 Å². The van der Waals surface area contributed by atoms with Crippen molar-refractivity contribution in [3.8, 4) is 0 Å². The minimum atomic E-state index is 0.246. The maximum Gasteiger partial charge on any atom is 0.236 e. The first kappa shape index (κ1) is 13.2. The summed E-state index contributed by atoms with van der Waals surface area (Å²) in [6, 6.07) is 0.459. The normalized spacial score (nSPS) is 21.6. The molecule has 3 heteroatoms. The second-order valence-electron chi connectivity index (χ2n) is 4.42. The van der Waals surface area contributed by atoms with Crippen LogP contribution in [0.4, 0.5) is 0 Å². The number of carbonyl (C=O) groups is 1. The van der Waals surface area contributed by atoms with Crippen molar-refractivity contribution in [2.24, 2.45) is 0 Å². The van der Waals surface area contributed by atoms with Crippen molar-refractivity contribution in [2.75, 3.05) is 19.6 Å². The second kappa shape index (κ2) is 7.44. The molecule has 0 aliphatic carbocycles. The molecule has 1 rings (SSSR count). The molecular formula is C13H24N2O. The van der Waals surface area contributed by atoms with E-state index in [4.69, 9.17) is 0 Å². The van der Waals surface area contributed by atoms with Crippen LogP contribution in [-0.2, 0) is 4.79 Å². The quantitative estimate of drug-likeness (QED) is 0.572. The Hall–Kier alpha value is -0.830. The largest absolute Gasteiger partial charge is 0.339 e. The zero-order valence-corrected chi connectivity index (χ0v) is 10.4. The first-order valence-corrected chi connectivity index (χ1v) is 6.40. The predicted molar refractivity (Wildman–Crippen MR) is 67.3 cm³/mol. The number of rotatable bonds is 5. The smallest absolute Gasteiger partial charge is 0.236 e. The molecule has 1 saturated heterocycles. The van der Waals surface area contributed by atoms with Gasteiger partial charge in [0.15, 0.2) is 0 Å². The Morgan fingerprint density at radius 3 is 3.00 bits per heavy atom. The van der Waals surface area contributed by atoms with Crippen LogP contribution in [-0.4, -0.2) is 36.5 Å². The van der Waals surface area contributed by atoms with Crippen molar-refractivity contribution in [3.63, 3.8) is 0 Å². The van der Waals surface area contributed by atoms with Crippen molar-refractivity contribution < 1.29 is 4.79 Å². The molecule has 0 bridgehead atoms. The van der Waals surface area contributed by atoms with E-state index in [0.29, 0.717) is 19.1 Å². The highest BCUT2D eigenvalue weighted by Gasteiger charge is 2.23. The van der Waals surface area contributed by atoms with E-state index in [2.05, 4.69) is 23.7 Å². The highest BCUT2D eigenvalue weighted by atomic mass is 16.2. The molecule has 0 aromatic rings. The molecule has 92 valence electrons. The lowest BCUT2D eigenvalue weighted by Gasteiger charge is -2.29. The molecule has 1 aliphatic heterocycles. The van der Waals surface area contributed by atoms with Crippen LogP contribution < -0.4 is 5.32 Å². The summed E-state index contributed by atoms with van der Waals surface area (Å²) >= 11 is 0. The maximum atomic E-state index is 12.0. The minimum absolute atomic E-state index is 0.246. The van der Waals surface area contributed by atoms with Crippen molar-refractivity contribution in [3.05, 3.63) is 12.7 Å². The zero-order valence-electron chi connectivity index (χ0n) is 10.4. The van der Waals surface area contributed by atoms with Gasteiger partial charge < -0.3 is 10.2 Å². The van der Waals surface area contributed by atoms with E-state index in [9.17, 15) is 4.79 Å². The van der Waals surface area contributed by atoms with Crippen LogP contribution in [0.1, 0.15) is 39.0 Å². The first-order valence-electron chi connectivity index (χ1n) is 6.40. The van der Waals surface area contributed by atoms with E-state index in [1.807, 2.05) is 0 Å². The summed E-state index contributed by atoms with van der Waals surface area (Å²) in [6.45, 7) is 7.89. The number of amides is 1. The van der Waals surface area contributed by atoms with Crippen molar-refractivity contribution in [2.45, 2.75) is 45.1 Å². The number of nitrogens with zero attached hydrogens (tertiary/aromatic N) is 1. The van der Waals surface area contributed by atoms with Gasteiger partial charge in [0.05, 0.1) is 6.54 Å². The van der Waals surface area contributed by atoms with Gasteiger partial charge >= 0.3 is 0 Å². The van der Waals surface area contributed by atoms with Gasteiger partial charge in [0, 0.05) is 19.1 Å². The topological polar surface area (TPSA) is 32.3 Å². The lowest BCUT2D eigenvalue weighted by atomic mass is 10.1. The summed E-state index contributed by atoms with van der Waals surface area (Å²) in [5, 5.41) is 3.09. The lowest BCUT2D eigenvalue weighted by molar-refractivity contribution is -0.132. The highest BCUT2D eigenvalue weighted by Crippen LogP contribution is 2.18. The van der Waals surface area contributed by atoms with Crippen molar-refractivity contribution in [1.29, 1.82) is 0 Å². The molecule has 0 aromatic heterocycles. The molecule has 1 amide bonds. The number of hydrogen-bond acceptors (Lipinski definition) is 2. The third kappa shape index (κ3) is 3.97. The minimum Gasteiger partial charge on any atom is -0.339 e. The molecule has 0 aromatic carbocycles. The Morgan fingerprint density at radius 1 is 1.50 bits per heavy atom. The van der Waals surface area contributed by atoms with Crippen LogP contribution in [0.15, 0.2) is 12.7 Å². The average molecular weight is 224 g/mol. The molecule has 1 aliphatic rings. The van der Waals surface area contributed by atoms with Gasteiger partial charge in [-0.3, -0.25) is 4.79 Å². The highest BCUT2D eigenvalue weighted by molar-refractivity contribution is 5.78. The van der Waals surface area contributed by atoms with Crippen molar-refractivity contribution in [1.82, 2.24) is 10.2 Å². The van der Waals surface area contributed by atoms with Crippen LogP contribution in [0.5, 0.6) is 0 Å². The molecule has 3 nitrogen and oxygen atoms in total. The van der Waals surface area contributed by atoms with Crippen molar-refractivity contribution >= 4 is 5.91 Å². The van der Waals surface area contributed by atoms with Crippen LogP contribution in [0.25, 0.3) is 0 Å². The molecular weight excluding hydrogens is 200 g/mol. The van der Waals surface area contributed by atoms with Crippen LogP contribution in [0.2, 0.25) is 0 Å². The number of carbonyl (C=O) groups excluding carboxylic acids is 1. The van der Waals surface area contributed by atoms with E-state index in [1.165, 1.54) is 19.3 Å². The fraction of sp³-hybridized carbons (Fsp3) is 0.769. The van der Waals surface area contributed by atoms with Gasteiger partial charge in [-0.2, -0.15) is 0 Å². The molecule has 16 heavy (non-hydrogen) atoms. The summed E-state index contributed by atoms with van der Waals surface area (Å²) in [5.74, 6) is 0.246. The Bertz CT molecular complexity index is 228. The lowest BCUT2D eigenvalue weighted by Crippen LogP contribution is -2.44. The second-order valence-corrected chi connectivity index (χ2v) is 4.42. The Kier molecular flexibility index (Phi) is 6.16. The van der Waals surface area contributed by atoms with E-state index in [-0.39, 0.29) is 5.91 Å². The monoisotopic (exact) mass is 224 g/mol. The zero-order chi connectivity index (χ0) is 11.8. The van der Waals surface area contributed by atoms with E-state index in [0.717, 1.165) is 19.4 Å². The van der Waals surface area contributed by atoms with Gasteiger partial charge in [-0.1, -0.05) is 25.8 Å². The summed E-state index contributed by atoms with van der Waals surface area (Å²) in [5.41, 5.74) is 0. The SMILES string of the molecule is C=CCNCC(=O)N1CCCCCC1CC. The number of likely N-dealkylation sites (tertiary alicyclic amines) is 1. The Balaban J connectivity index is 2.45. The summed E-state index contributed by atoms with van der Waals surface area (Å²) in [4.78, 5) is 14.1. The molecule has 1 heterocycles.